The van der Waals surface area contributed by atoms with Gasteiger partial charge in [0.05, 0.1) is 0 Å². The van der Waals surface area contributed by atoms with Gasteiger partial charge in [0.1, 0.15) is 0 Å². The van der Waals surface area contributed by atoms with Gasteiger partial charge in [-0.2, -0.15) is 0 Å². The van der Waals surface area contributed by atoms with Crippen LogP contribution in [0.4, 0.5) is 0 Å². The van der Waals surface area contributed by atoms with Crippen molar-refractivity contribution in [2.75, 3.05) is 0 Å². The largest absolute Gasteiger partial charge is 1.00 e. The molecule has 0 aromatic carbocycles. The fourth-order valence-corrected chi connectivity index (χ4v) is 0. The maximum absolute atomic E-state index is 9.10. The molecule has 0 unspecified atom stereocenters. The molecule has 0 aliphatic heterocycles. The van der Waals surface area contributed by atoms with Gasteiger partial charge < -0.3 is 11.6 Å². The summed E-state index contributed by atoms with van der Waals surface area (Å²) in [7, 11) is 0. The Morgan fingerprint density at radius 3 is 1.29 bits per heavy atom. The van der Waals surface area contributed by atoms with Crippen molar-refractivity contribution in [1.29, 1.82) is 0 Å². The van der Waals surface area contributed by atoms with Crippen molar-refractivity contribution in [3.8, 4) is 0 Å². The van der Waals surface area contributed by atoms with Gasteiger partial charge in [0.25, 0.3) is 0 Å². The van der Waals surface area contributed by atoms with Gasteiger partial charge >= 0.3 is 30.8 Å². The Bertz CT molecular complexity index is 80.0. The molecule has 0 aromatic rings. The number of carbonyl (C=O) groups is 2. The molecule has 0 saturated heterocycles. The number of hydrogen-bond donors (Lipinski definition) is 2. The van der Waals surface area contributed by atoms with Gasteiger partial charge in [0.2, 0.25) is 0 Å². The Labute approximate surface area is 52.8 Å². The van der Waals surface area contributed by atoms with Crippen molar-refractivity contribution >= 4 is 11.9 Å². The van der Waals surface area contributed by atoms with Crippen molar-refractivity contribution in [2.24, 2.45) is 0 Å². The zero-order valence-electron chi connectivity index (χ0n) is 4.71. The second-order valence-corrected chi connectivity index (χ2v) is 0.610. The van der Waals surface area contributed by atoms with Crippen molar-refractivity contribution < 1.29 is 40.1 Å². The molecular formula is C2H3LiO4. The number of hydrogen-bond acceptors (Lipinski definition) is 2. The van der Waals surface area contributed by atoms with Gasteiger partial charge in [-0.25, -0.2) is 9.59 Å². The fraction of sp³-hybridized carbons (Fsp3) is 0. The third-order valence-corrected chi connectivity index (χ3v) is 0.183. The SMILES string of the molecule is O=C(O)C(=O)O.[H-].[Li+]. The number of aliphatic carboxylic acids is 2. The average molecular weight is 98.0 g/mol. The first-order chi connectivity index (χ1) is 2.64. The van der Waals surface area contributed by atoms with Gasteiger partial charge in [-0.05, 0) is 0 Å². The normalized spacial score (nSPS) is 6.29. The summed E-state index contributed by atoms with van der Waals surface area (Å²) in [5.74, 6) is -3.65. The Morgan fingerprint density at radius 2 is 1.29 bits per heavy atom. The number of rotatable bonds is 0. The van der Waals surface area contributed by atoms with E-state index in [1.165, 1.54) is 0 Å². The Morgan fingerprint density at radius 1 is 1.14 bits per heavy atom. The van der Waals surface area contributed by atoms with E-state index < -0.39 is 11.9 Å². The number of carboxylic acid groups (broad SMARTS) is 2. The van der Waals surface area contributed by atoms with E-state index in [-0.39, 0.29) is 20.3 Å². The quantitative estimate of drug-likeness (QED) is 0.241. The van der Waals surface area contributed by atoms with Crippen LogP contribution in [0.3, 0.4) is 0 Å². The molecule has 0 atom stereocenters. The van der Waals surface area contributed by atoms with Crippen LogP contribution in [-0.2, 0) is 9.59 Å². The Kier molecular flexibility index (Phi) is 5.17. The minimum Gasteiger partial charge on any atom is -1.00 e. The van der Waals surface area contributed by atoms with Crippen molar-refractivity contribution in [3.63, 3.8) is 0 Å². The first kappa shape index (κ1) is 9.74. The summed E-state index contributed by atoms with van der Waals surface area (Å²) in [5, 5.41) is 14.8. The van der Waals surface area contributed by atoms with Crippen molar-refractivity contribution in [2.45, 2.75) is 0 Å². The molecule has 0 aliphatic carbocycles. The van der Waals surface area contributed by atoms with E-state index in [9.17, 15) is 0 Å². The van der Waals surface area contributed by atoms with E-state index in [0.29, 0.717) is 0 Å². The van der Waals surface area contributed by atoms with Gasteiger partial charge in [-0.15, -0.1) is 0 Å². The molecule has 0 bridgehead atoms. The van der Waals surface area contributed by atoms with Gasteiger partial charge in [-0.3, -0.25) is 0 Å². The molecule has 36 valence electrons. The monoisotopic (exact) mass is 98.0 g/mol. The van der Waals surface area contributed by atoms with Crippen LogP contribution in [0.2, 0.25) is 0 Å². The van der Waals surface area contributed by atoms with Crippen LogP contribution in [0.5, 0.6) is 0 Å². The van der Waals surface area contributed by atoms with E-state index in [0.717, 1.165) is 0 Å². The topological polar surface area (TPSA) is 74.6 Å². The maximum atomic E-state index is 9.10. The number of carboxylic acids is 2. The van der Waals surface area contributed by atoms with Crippen LogP contribution in [0.25, 0.3) is 0 Å². The van der Waals surface area contributed by atoms with E-state index in [1.807, 2.05) is 0 Å². The van der Waals surface area contributed by atoms with E-state index in [4.69, 9.17) is 19.8 Å². The van der Waals surface area contributed by atoms with Crippen LogP contribution in [-0.4, -0.2) is 22.2 Å². The predicted octanol–water partition coefficient (Wildman–Crippen LogP) is -3.73. The summed E-state index contributed by atoms with van der Waals surface area (Å²) in [4.78, 5) is 18.2. The van der Waals surface area contributed by atoms with Crippen LogP contribution in [0.1, 0.15) is 1.43 Å². The van der Waals surface area contributed by atoms with Crippen LogP contribution in [0.15, 0.2) is 0 Å². The second-order valence-electron chi connectivity index (χ2n) is 0.610. The molecule has 0 heterocycles. The minimum atomic E-state index is -1.82. The van der Waals surface area contributed by atoms with Crippen LogP contribution in [0, 0.1) is 0 Å². The zero-order chi connectivity index (χ0) is 5.15. The summed E-state index contributed by atoms with van der Waals surface area (Å²) >= 11 is 0. The molecule has 0 radical (unpaired) electrons. The summed E-state index contributed by atoms with van der Waals surface area (Å²) < 4.78 is 0. The first-order valence-electron chi connectivity index (χ1n) is 1.11. The molecule has 0 saturated carbocycles. The predicted molar refractivity (Wildman–Crippen MR) is 16.4 cm³/mol. The summed E-state index contributed by atoms with van der Waals surface area (Å²) in [6.07, 6.45) is 0. The maximum Gasteiger partial charge on any atom is 1.00 e. The molecule has 4 nitrogen and oxygen atoms in total. The summed E-state index contributed by atoms with van der Waals surface area (Å²) in [6, 6.07) is 0. The van der Waals surface area contributed by atoms with Crippen molar-refractivity contribution in [3.05, 3.63) is 0 Å². The smallest absolute Gasteiger partial charge is 1.00 e. The molecule has 0 aromatic heterocycles. The minimum absolute atomic E-state index is 0. The molecule has 0 aliphatic rings. The van der Waals surface area contributed by atoms with E-state index in [1.54, 1.807) is 0 Å². The van der Waals surface area contributed by atoms with Gasteiger partial charge in [0.15, 0.2) is 0 Å². The molecular weight excluding hydrogens is 95.0 g/mol. The van der Waals surface area contributed by atoms with Crippen molar-refractivity contribution in [1.82, 2.24) is 0 Å². The Hall–Kier alpha value is -0.463. The average Bonchev–Trinajstić information content (AvgIpc) is 1.36. The third kappa shape index (κ3) is 5.54. The molecule has 0 fully saturated rings. The molecule has 7 heavy (non-hydrogen) atoms. The molecule has 0 rings (SSSR count). The van der Waals surface area contributed by atoms with Gasteiger partial charge in [0, 0.05) is 0 Å². The van der Waals surface area contributed by atoms with E-state index >= 15 is 0 Å². The molecule has 0 amide bonds. The fourth-order valence-electron chi connectivity index (χ4n) is 0. The Balaban J connectivity index is -0.000000125. The van der Waals surface area contributed by atoms with Gasteiger partial charge in [-0.1, -0.05) is 0 Å². The first-order valence-corrected chi connectivity index (χ1v) is 1.11. The van der Waals surface area contributed by atoms with Crippen LogP contribution >= 0.6 is 0 Å². The van der Waals surface area contributed by atoms with Crippen LogP contribution < -0.4 is 18.9 Å². The third-order valence-electron chi connectivity index (χ3n) is 0.183. The van der Waals surface area contributed by atoms with E-state index in [2.05, 4.69) is 0 Å². The standard InChI is InChI=1S/C2H2O4.Li.H/c3-1(4)2(5)6;;/h(H,3,4)(H,5,6);;/q;+1;-1. The molecule has 0 spiro atoms. The summed E-state index contributed by atoms with van der Waals surface area (Å²) in [5.41, 5.74) is 0. The summed E-state index contributed by atoms with van der Waals surface area (Å²) in [6.45, 7) is 0. The second kappa shape index (κ2) is 3.72. The zero-order valence-corrected chi connectivity index (χ0v) is 3.71. The molecule has 5 heteroatoms. The molecule has 2 N–H and O–H groups in total.